The average molecular weight is 478 g/mol. The maximum absolute atomic E-state index is 13.3. The fraction of sp³-hybridized carbons (Fsp3) is 0.192. The molecule has 0 saturated heterocycles. The third kappa shape index (κ3) is 5.53. The number of carbonyl (C=O) groups is 1. The zero-order chi connectivity index (χ0) is 24.1. The van der Waals surface area contributed by atoms with E-state index in [9.17, 15) is 19.4 Å². The van der Waals surface area contributed by atoms with Gasteiger partial charge in [0, 0.05) is 23.5 Å². The van der Waals surface area contributed by atoms with Gasteiger partial charge in [0.25, 0.3) is 5.91 Å². The summed E-state index contributed by atoms with van der Waals surface area (Å²) in [4.78, 5) is 22.8. The molecule has 0 bridgehead atoms. The number of halogens is 1. The van der Waals surface area contributed by atoms with Crippen LogP contribution >= 0.6 is 11.3 Å². The lowest BCUT2D eigenvalue weighted by Gasteiger charge is -2.25. The second-order valence-electron chi connectivity index (χ2n) is 7.95. The number of hydrogen-bond donors (Lipinski definition) is 3. The van der Waals surface area contributed by atoms with Gasteiger partial charge in [0.05, 0.1) is 22.7 Å². The predicted molar refractivity (Wildman–Crippen MR) is 130 cm³/mol. The zero-order valence-electron chi connectivity index (χ0n) is 18.4. The van der Waals surface area contributed by atoms with Gasteiger partial charge in [-0.15, -0.1) is 11.3 Å². The van der Waals surface area contributed by atoms with Crippen molar-refractivity contribution >= 4 is 17.2 Å². The second kappa shape index (κ2) is 10.6. The average Bonchev–Trinajstić information content (AvgIpc) is 3.34. The lowest BCUT2D eigenvalue weighted by molar-refractivity contribution is 0.0691. The highest BCUT2D eigenvalue weighted by Gasteiger charge is 2.27. The smallest absolute Gasteiger partial charge is 0.252 e. The van der Waals surface area contributed by atoms with E-state index in [4.69, 9.17) is 0 Å². The number of aromatic nitrogens is 2. The van der Waals surface area contributed by atoms with E-state index in [1.54, 1.807) is 67.8 Å². The summed E-state index contributed by atoms with van der Waals surface area (Å²) in [6.07, 6.45) is 1.59. The van der Waals surface area contributed by atoms with Crippen LogP contribution in [-0.2, 0) is 0 Å². The lowest BCUT2D eigenvalue weighted by Crippen LogP contribution is -2.41. The molecule has 0 aliphatic heterocycles. The fourth-order valence-corrected chi connectivity index (χ4v) is 4.61. The second-order valence-corrected chi connectivity index (χ2v) is 8.98. The summed E-state index contributed by atoms with van der Waals surface area (Å²) in [5, 5.41) is 24.3. The van der Waals surface area contributed by atoms with Gasteiger partial charge in [-0.1, -0.05) is 36.4 Å². The molecule has 1 amide bonds. The highest BCUT2D eigenvalue weighted by Crippen LogP contribution is 2.34. The Bertz CT molecular complexity index is 1250. The summed E-state index contributed by atoms with van der Waals surface area (Å²) in [6.45, 7) is 1.60. The molecule has 3 N–H and O–H groups in total. The van der Waals surface area contributed by atoms with Crippen molar-refractivity contribution in [2.24, 2.45) is 0 Å². The van der Waals surface area contributed by atoms with Crippen molar-refractivity contribution in [2.45, 2.75) is 31.6 Å². The number of nitrogens with zero attached hydrogens (tertiary/aromatic N) is 2. The van der Waals surface area contributed by atoms with E-state index in [2.05, 4.69) is 15.3 Å². The van der Waals surface area contributed by atoms with Gasteiger partial charge in [-0.25, -0.2) is 9.37 Å². The molecule has 3 atom stereocenters. The molecular weight excluding hydrogens is 453 g/mol. The molecule has 0 spiro atoms. The van der Waals surface area contributed by atoms with Crippen molar-refractivity contribution in [3.05, 3.63) is 96.2 Å². The molecule has 0 fully saturated rings. The minimum absolute atomic E-state index is 0.150. The first-order valence-corrected chi connectivity index (χ1v) is 11.6. The van der Waals surface area contributed by atoms with Crippen molar-refractivity contribution < 1.29 is 19.4 Å². The van der Waals surface area contributed by atoms with E-state index in [1.165, 1.54) is 23.5 Å². The number of aliphatic hydroxyl groups is 2. The first-order chi connectivity index (χ1) is 16.4. The lowest BCUT2D eigenvalue weighted by atomic mass is 9.99. The molecular formula is C26H24FN3O3S. The number of benzene rings is 2. The van der Waals surface area contributed by atoms with Gasteiger partial charge in [-0.2, -0.15) is 0 Å². The Balaban J connectivity index is 1.60. The van der Waals surface area contributed by atoms with Gasteiger partial charge in [-0.05, 0) is 49.2 Å². The normalized spacial score (nSPS) is 13.8. The predicted octanol–water partition coefficient (Wildman–Crippen LogP) is 4.61. The molecule has 1 unspecified atom stereocenters. The zero-order valence-corrected chi connectivity index (χ0v) is 19.2. The van der Waals surface area contributed by atoms with Crippen LogP contribution in [0, 0.1) is 5.82 Å². The molecule has 174 valence electrons. The fourth-order valence-electron chi connectivity index (χ4n) is 3.65. The maximum atomic E-state index is 13.3. The molecule has 8 heteroatoms. The van der Waals surface area contributed by atoms with E-state index < -0.39 is 24.2 Å². The van der Waals surface area contributed by atoms with Gasteiger partial charge in [0.1, 0.15) is 16.9 Å². The van der Waals surface area contributed by atoms with Crippen LogP contribution in [-0.4, -0.2) is 38.2 Å². The highest BCUT2D eigenvalue weighted by molar-refractivity contribution is 7.18. The molecule has 0 aliphatic rings. The molecule has 34 heavy (non-hydrogen) atoms. The number of amides is 1. The van der Waals surface area contributed by atoms with Crippen LogP contribution in [0.15, 0.2) is 79.1 Å². The topological polar surface area (TPSA) is 95.3 Å². The van der Waals surface area contributed by atoms with Crippen LogP contribution in [0.4, 0.5) is 4.39 Å². The van der Waals surface area contributed by atoms with Gasteiger partial charge >= 0.3 is 0 Å². The summed E-state index contributed by atoms with van der Waals surface area (Å²) in [5.41, 5.74) is 2.28. The van der Waals surface area contributed by atoms with Crippen LogP contribution < -0.4 is 5.32 Å². The van der Waals surface area contributed by atoms with Crippen molar-refractivity contribution in [1.82, 2.24) is 15.3 Å². The number of rotatable bonds is 8. The van der Waals surface area contributed by atoms with Crippen LogP contribution in [0.3, 0.4) is 0 Å². The Labute approximate surface area is 200 Å². The van der Waals surface area contributed by atoms with Crippen LogP contribution in [0.1, 0.15) is 35.5 Å². The van der Waals surface area contributed by atoms with E-state index in [1.807, 2.05) is 6.07 Å². The number of thiazole rings is 1. The Morgan fingerprint density at radius 2 is 1.76 bits per heavy atom. The summed E-state index contributed by atoms with van der Waals surface area (Å²) in [7, 11) is 0. The molecule has 0 saturated carbocycles. The quantitative estimate of drug-likeness (QED) is 0.344. The Morgan fingerprint density at radius 3 is 2.47 bits per heavy atom. The molecule has 4 rings (SSSR count). The summed E-state index contributed by atoms with van der Waals surface area (Å²) < 4.78 is 13.3. The molecule has 2 heterocycles. The number of pyridine rings is 1. The standard InChI is InChI=1S/C26H24FN3O3S/c1-16(31)14-22(24(32)21-8-4-5-13-28-21)30-25(33)19-6-2-3-7-20(19)26-29-15-23(34-26)17-9-11-18(27)12-10-17/h2-13,15-16,22,24,31-32H,14H2,1H3,(H,30,33)/t16-,22-,24?/m0/s1. The van der Waals surface area contributed by atoms with Crippen molar-refractivity contribution in [3.63, 3.8) is 0 Å². The Kier molecular flexibility index (Phi) is 7.42. The summed E-state index contributed by atoms with van der Waals surface area (Å²) in [6, 6.07) is 17.6. The third-order valence-electron chi connectivity index (χ3n) is 5.32. The Hall–Kier alpha value is -3.46. The van der Waals surface area contributed by atoms with Crippen LogP contribution in [0.25, 0.3) is 21.0 Å². The summed E-state index contributed by atoms with van der Waals surface area (Å²) in [5.74, 6) is -0.704. The molecule has 0 radical (unpaired) electrons. The Morgan fingerprint density at radius 1 is 1.03 bits per heavy atom. The van der Waals surface area contributed by atoms with Gasteiger partial charge < -0.3 is 15.5 Å². The monoisotopic (exact) mass is 477 g/mol. The van der Waals surface area contributed by atoms with E-state index >= 15 is 0 Å². The minimum Gasteiger partial charge on any atom is -0.393 e. The SMILES string of the molecule is C[C@H](O)C[C@H](NC(=O)c1ccccc1-c1ncc(-c2ccc(F)cc2)s1)C(O)c1ccccn1. The first kappa shape index (κ1) is 23.7. The maximum Gasteiger partial charge on any atom is 0.252 e. The van der Waals surface area contributed by atoms with E-state index in [0.717, 1.165) is 10.4 Å². The largest absolute Gasteiger partial charge is 0.393 e. The summed E-state index contributed by atoms with van der Waals surface area (Å²) >= 11 is 1.40. The van der Waals surface area contributed by atoms with Crippen LogP contribution in [0.5, 0.6) is 0 Å². The minimum atomic E-state index is -1.09. The van der Waals surface area contributed by atoms with Crippen molar-refractivity contribution in [3.8, 4) is 21.0 Å². The van der Waals surface area contributed by atoms with Crippen molar-refractivity contribution in [2.75, 3.05) is 0 Å². The number of nitrogens with one attached hydrogen (secondary N) is 1. The number of carbonyl (C=O) groups excluding carboxylic acids is 1. The van der Waals surface area contributed by atoms with Gasteiger partial charge in [0.15, 0.2) is 0 Å². The van der Waals surface area contributed by atoms with Gasteiger partial charge in [0.2, 0.25) is 0 Å². The highest BCUT2D eigenvalue weighted by atomic mass is 32.1. The van der Waals surface area contributed by atoms with E-state index in [0.29, 0.717) is 21.8 Å². The first-order valence-electron chi connectivity index (χ1n) is 10.8. The molecule has 4 aromatic rings. The third-order valence-corrected chi connectivity index (χ3v) is 6.40. The molecule has 0 aliphatic carbocycles. The van der Waals surface area contributed by atoms with Crippen molar-refractivity contribution in [1.29, 1.82) is 0 Å². The number of hydrogen-bond acceptors (Lipinski definition) is 6. The number of aliphatic hydroxyl groups excluding tert-OH is 2. The van der Waals surface area contributed by atoms with Crippen LogP contribution in [0.2, 0.25) is 0 Å². The molecule has 6 nitrogen and oxygen atoms in total. The molecule has 2 aromatic carbocycles. The van der Waals surface area contributed by atoms with E-state index in [-0.39, 0.29) is 12.2 Å². The van der Waals surface area contributed by atoms with Gasteiger partial charge in [-0.3, -0.25) is 9.78 Å². The molecule has 2 aromatic heterocycles.